The van der Waals surface area contributed by atoms with Crippen LogP contribution in [-0.2, 0) is 42.6 Å². The lowest BCUT2D eigenvalue weighted by Gasteiger charge is -2.30. The fourth-order valence-corrected chi connectivity index (χ4v) is 6.53. The summed E-state index contributed by atoms with van der Waals surface area (Å²) < 4.78 is 2.08. The van der Waals surface area contributed by atoms with Crippen molar-refractivity contribution in [3.8, 4) is 0 Å². The molecule has 4 aromatic carbocycles. The lowest BCUT2D eigenvalue weighted by molar-refractivity contribution is -0.129. The smallest absolute Gasteiger partial charge is 0.243 e. The Morgan fingerprint density at radius 1 is 0.681 bits per heavy atom. The molecule has 1 amide bonds. The second-order valence-electron chi connectivity index (χ2n) is 12.2. The number of carbonyl (C=O) groups is 2. The summed E-state index contributed by atoms with van der Waals surface area (Å²) in [5, 5.41) is 21.5. The van der Waals surface area contributed by atoms with Gasteiger partial charge in [0.05, 0.1) is 5.69 Å². The van der Waals surface area contributed by atoms with E-state index in [9.17, 15) is 19.9 Å². The minimum atomic E-state index is -1.27. The molecule has 0 aliphatic rings. The Kier molecular flexibility index (Phi) is 11.6. The third kappa shape index (κ3) is 8.53. The Bertz CT molecular complexity index is 1710. The molecule has 3 N–H and O–H groups in total. The molecular formula is C41H44N2O4. The summed E-state index contributed by atoms with van der Waals surface area (Å²) >= 11 is 0. The van der Waals surface area contributed by atoms with Crippen molar-refractivity contribution in [2.75, 3.05) is 0 Å². The molecule has 0 bridgehead atoms. The molecule has 0 unspecified atom stereocenters. The number of unbranched alkanes of at least 4 members (excludes halogenated alkanes) is 1. The zero-order valence-corrected chi connectivity index (χ0v) is 27.1. The molecule has 0 aliphatic carbocycles. The maximum absolute atomic E-state index is 13.1. The van der Waals surface area contributed by atoms with E-state index in [4.69, 9.17) is 0 Å². The zero-order chi connectivity index (χ0) is 33.1. The van der Waals surface area contributed by atoms with Gasteiger partial charge in [-0.3, -0.25) is 14.8 Å². The van der Waals surface area contributed by atoms with Crippen LogP contribution in [0.4, 0.5) is 0 Å². The van der Waals surface area contributed by atoms with Crippen LogP contribution in [0.1, 0.15) is 82.2 Å². The van der Waals surface area contributed by atoms with E-state index in [-0.39, 0.29) is 12.2 Å². The summed E-state index contributed by atoms with van der Waals surface area (Å²) in [5.41, 5.74) is 8.12. The molecular weight excluding hydrogens is 584 g/mol. The molecule has 0 radical (unpaired) electrons. The monoisotopic (exact) mass is 628 g/mol. The largest absolute Gasteiger partial charge is 0.380 e. The van der Waals surface area contributed by atoms with Gasteiger partial charge in [0.15, 0.2) is 5.78 Å². The molecule has 5 aromatic rings. The maximum Gasteiger partial charge on any atom is 0.243 e. The highest BCUT2D eigenvalue weighted by atomic mass is 16.5. The molecule has 0 spiro atoms. The molecule has 1 aromatic heterocycles. The highest BCUT2D eigenvalue weighted by molar-refractivity contribution is 5.93. The van der Waals surface area contributed by atoms with Gasteiger partial charge in [-0.1, -0.05) is 115 Å². The molecule has 242 valence electrons. The number of ketones is 1. The first-order valence-corrected chi connectivity index (χ1v) is 16.5. The molecule has 0 fully saturated rings. The number of carbonyl (C=O) groups excluding carboxylic acids is 2. The molecule has 1 heterocycles. The molecule has 0 aliphatic heterocycles. The lowest BCUT2D eigenvalue weighted by atomic mass is 9.82. The third-order valence-corrected chi connectivity index (χ3v) is 9.08. The average Bonchev–Trinajstić information content (AvgIpc) is 3.46. The standard InChI is InChI=1S/C41H44N2O4/c1-31(44)39-29-34(25-26-40(45)42-47)38(27-28-41(46,36-21-7-3-8-22-36)37-23-9-4-10-24-37)43(39)30-35-20-14-13-19-33(35)18-12-11-17-32-15-5-2-6-16-32/h2-10,13-16,19-24,29,46-47H,11-12,17-18,25-28,30H2,1H3,(H,42,45). The van der Waals surface area contributed by atoms with Crippen molar-refractivity contribution in [2.24, 2.45) is 0 Å². The third-order valence-electron chi connectivity index (χ3n) is 9.08. The molecule has 0 saturated heterocycles. The second kappa shape index (κ2) is 16.2. The molecule has 6 nitrogen and oxygen atoms in total. The van der Waals surface area contributed by atoms with Crippen LogP contribution in [0.3, 0.4) is 0 Å². The van der Waals surface area contributed by atoms with Crippen LogP contribution in [0.25, 0.3) is 0 Å². The minimum Gasteiger partial charge on any atom is -0.380 e. The van der Waals surface area contributed by atoms with Crippen LogP contribution in [0.2, 0.25) is 0 Å². The molecule has 47 heavy (non-hydrogen) atoms. The number of aliphatic hydroxyl groups is 1. The van der Waals surface area contributed by atoms with Gasteiger partial charge < -0.3 is 9.67 Å². The van der Waals surface area contributed by atoms with E-state index >= 15 is 0 Å². The van der Waals surface area contributed by atoms with Gasteiger partial charge in [-0.05, 0) is 84.4 Å². The van der Waals surface area contributed by atoms with Gasteiger partial charge in [0.25, 0.3) is 0 Å². The normalized spacial score (nSPS) is 11.4. The van der Waals surface area contributed by atoms with Crippen molar-refractivity contribution < 1.29 is 19.9 Å². The molecule has 0 atom stereocenters. The molecule has 0 saturated carbocycles. The number of Topliss-reactive ketones (excluding diaryl/α,β-unsaturated/α-hetero) is 1. The van der Waals surface area contributed by atoms with Crippen LogP contribution < -0.4 is 5.48 Å². The Labute approximate surface area is 277 Å². The fourth-order valence-electron chi connectivity index (χ4n) is 6.53. The van der Waals surface area contributed by atoms with E-state index < -0.39 is 11.5 Å². The van der Waals surface area contributed by atoms with E-state index in [1.165, 1.54) is 11.1 Å². The van der Waals surface area contributed by atoms with Gasteiger partial charge in [0.2, 0.25) is 5.91 Å². The number of aryl methyl sites for hydroxylation is 3. The predicted octanol–water partition coefficient (Wildman–Crippen LogP) is 7.61. The molecule has 6 heteroatoms. The average molecular weight is 629 g/mol. The Morgan fingerprint density at radius 2 is 1.23 bits per heavy atom. The number of hydrogen-bond acceptors (Lipinski definition) is 4. The maximum atomic E-state index is 13.1. The Hall–Kier alpha value is -4.78. The minimum absolute atomic E-state index is 0.0640. The number of benzene rings is 4. The van der Waals surface area contributed by atoms with Crippen molar-refractivity contribution >= 4 is 11.7 Å². The summed E-state index contributed by atoms with van der Waals surface area (Å²) in [5.74, 6) is -0.551. The van der Waals surface area contributed by atoms with E-state index in [2.05, 4.69) is 47.0 Å². The van der Waals surface area contributed by atoms with Gasteiger partial charge in [-0.2, -0.15) is 0 Å². The number of amides is 1. The summed E-state index contributed by atoms with van der Waals surface area (Å²) in [6, 6.07) is 40.2. The summed E-state index contributed by atoms with van der Waals surface area (Å²) in [4.78, 5) is 25.2. The number of nitrogens with one attached hydrogen (secondary N) is 1. The van der Waals surface area contributed by atoms with Crippen molar-refractivity contribution in [1.29, 1.82) is 0 Å². The quantitative estimate of drug-likeness (QED) is 0.0454. The molecule has 5 rings (SSSR count). The van der Waals surface area contributed by atoms with E-state index in [0.717, 1.165) is 53.6 Å². The topological polar surface area (TPSA) is 91.6 Å². The van der Waals surface area contributed by atoms with Gasteiger partial charge in [-0.15, -0.1) is 0 Å². The SMILES string of the molecule is CC(=O)c1cc(CCC(=O)NO)c(CCC(O)(c2ccccc2)c2ccccc2)n1Cc1ccccc1CCCCc1ccccc1. The van der Waals surface area contributed by atoms with Crippen molar-refractivity contribution in [1.82, 2.24) is 10.0 Å². The first-order chi connectivity index (χ1) is 22.9. The van der Waals surface area contributed by atoms with Gasteiger partial charge in [-0.25, -0.2) is 5.48 Å². The van der Waals surface area contributed by atoms with Crippen molar-refractivity contribution in [2.45, 2.75) is 70.4 Å². The number of rotatable bonds is 16. The Morgan fingerprint density at radius 3 is 1.83 bits per heavy atom. The highest BCUT2D eigenvalue weighted by Crippen LogP contribution is 2.35. The summed E-state index contributed by atoms with van der Waals surface area (Å²) in [7, 11) is 0. The van der Waals surface area contributed by atoms with Crippen molar-refractivity contribution in [3.63, 3.8) is 0 Å². The highest BCUT2D eigenvalue weighted by Gasteiger charge is 2.32. The van der Waals surface area contributed by atoms with Crippen molar-refractivity contribution in [3.05, 3.63) is 166 Å². The fraction of sp³-hybridized carbons (Fsp3) is 0.268. The van der Waals surface area contributed by atoms with Gasteiger partial charge >= 0.3 is 0 Å². The summed E-state index contributed by atoms with van der Waals surface area (Å²) in [6.07, 6.45) is 5.35. The lowest BCUT2D eigenvalue weighted by Crippen LogP contribution is -2.28. The predicted molar refractivity (Wildman–Crippen MR) is 186 cm³/mol. The van der Waals surface area contributed by atoms with Crippen LogP contribution in [0.15, 0.2) is 121 Å². The van der Waals surface area contributed by atoms with Crippen LogP contribution in [0.5, 0.6) is 0 Å². The van der Waals surface area contributed by atoms with E-state index in [1.807, 2.05) is 78.9 Å². The van der Waals surface area contributed by atoms with Crippen LogP contribution in [-0.4, -0.2) is 26.6 Å². The number of hydrogen-bond donors (Lipinski definition) is 3. The van der Waals surface area contributed by atoms with E-state index in [1.54, 1.807) is 12.4 Å². The number of aromatic nitrogens is 1. The van der Waals surface area contributed by atoms with E-state index in [0.29, 0.717) is 31.5 Å². The Balaban J connectivity index is 1.47. The second-order valence-corrected chi connectivity index (χ2v) is 12.2. The van der Waals surface area contributed by atoms with Crippen LogP contribution in [0, 0.1) is 0 Å². The zero-order valence-electron chi connectivity index (χ0n) is 27.1. The van der Waals surface area contributed by atoms with Gasteiger partial charge in [0.1, 0.15) is 5.60 Å². The summed E-state index contributed by atoms with van der Waals surface area (Å²) in [6.45, 7) is 2.07. The number of hydroxylamine groups is 1. The first kappa shape index (κ1) is 33.6. The number of nitrogens with zero attached hydrogens (tertiary/aromatic N) is 1. The first-order valence-electron chi connectivity index (χ1n) is 16.5. The van der Waals surface area contributed by atoms with Gasteiger partial charge in [0, 0.05) is 25.6 Å². The van der Waals surface area contributed by atoms with Crippen LogP contribution >= 0.6 is 0 Å².